The van der Waals surface area contributed by atoms with Crippen LogP contribution in [0.3, 0.4) is 0 Å². The van der Waals surface area contributed by atoms with Gasteiger partial charge in [-0.2, -0.15) is 0 Å². The van der Waals surface area contributed by atoms with Crippen molar-refractivity contribution < 1.29 is 33.7 Å². The predicted octanol–water partition coefficient (Wildman–Crippen LogP) is 3.70. The van der Waals surface area contributed by atoms with Crippen LogP contribution in [0.2, 0.25) is 0 Å². The van der Waals surface area contributed by atoms with E-state index < -0.39 is 47.9 Å². The highest BCUT2D eigenvalue weighted by Gasteiger charge is 2.46. The third-order valence-electron chi connectivity index (χ3n) is 6.62. The molecule has 2 aliphatic heterocycles. The van der Waals surface area contributed by atoms with Gasteiger partial charge in [0.15, 0.2) is 11.9 Å². The minimum absolute atomic E-state index is 0.0286. The van der Waals surface area contributed by atoms with Crippen LogP contribution in [0.25, 0.3) is 0 Å². The summed E-state index contributed by atoms with van der Waals surface area (Å²) < 4.78 is 17.9. The zero-order valence-electron chi connectivity index (χ0n) is 22.1. The van der Waals surface area contributed by atoms with E-state index >= 15 is 0 Å². The Labute approximate surface area is 236 Å². The lowest BCUT2D eigenvalue weighted by molar-refractivity contribution is -0.161. The molecule has 9 nitrogen and oxygen atoms in total. The van der Waals surface area contributed by atoms with Gasteiger partial charge >= 0.3 is 5.97 Å². The van der Waals surface area contributed by atoms with Crippen molar-refractivity contribution in [1.82, 2.24) is 10.6 Å². The second kappa shape index (κ2) is 12.3. The van der Waals surface area contributed by atoms with Crippen molar-refractivity contribution in [3.63, 3.8) is 0 Å². The number of ether oxygens (including phenoxy) is 3. The fourth-order valence-corrected chi connectivity index (χ4v) is 5.12. The number of carbonyl (C=O) groups is 3. The molecule has 1 fully saturated rings. The van der Waals surface area contributed by atoms with Crippen LogP contribution in [0, 0.1) is 5.92 Å². The summed E-state index contributed by atoms with van der Waals surface area (Å²) in [5, 5.41) is 15.6. The van der Waals surface area contributed by atoms with Gasteiger partial charge in [-0.05, 0) is 55.2 Å². The molecule has 5 atom stereocenters. The SMILES string of the molecule is C[C@@H]1/C=C/CC(=O)OC[C@H]2OC(C)(C)O[C@H]2C(=O)N[C@@H](Cc2ccc(O)cc2)C(=O)N[C@@H]1c1cccc(Br)c1. The van der Waals surface area contributed by atoms with E-state index in [0.717, 1.165) is 15.6 Å². The van der Waals surface area contributed by atoms with Gasteiger partial charge < -0.3 is 30.0 Å². The monoisotopic (exact) mass is 600 g/mol. The van der Waals surface area contributed by atoms with E-state index in [-0.39, 0.29) is 31.1 Å². The van der Waals surface area contributed by atoms with Crippen molar-refractivity contribution in [2.45, 2.75) is 63.7 Å². The van der Waals surface area contributed by atoms with Crippen LogP contribution in [-0.2, 0) is 35.0 Å². The molecular weight excluding hydrogens is 568 g/mol. The molecule has 2 aromatic carbocycles. The van der Waals surface area contributed by atoms with E-state index in [9.17, 15) is 19.5 Å². The largest absolute Gasteiger partial charge is 0.508 e. The fraction of sp³-hybridized carbons (Fsp3) is 0.414. The first-order chi connectivity index (χ1) is 18.5. The first kappa shape index (κ1) is 28.8. The third-order valence-corrected chi connectivity index (χ3v) is 7.11. The first-order valence-corrected chi connectivity index (χ1v) is 13.6. The number of carbonyl (C=O) groups excluding carboxylic acids is 3. The molecule has 2 amide bonds. The average Bonchev–Trinajstić information content (AvgIpc) is 3.20. The molecule has 0 aromatic heterocycles. The van der Waals surface area contributed by atoms with Crippen molar-refractivity contribution in [2.75, 3.05) is 6.61 Å². The molecule has 0 unspecified atom stereocenters. The van der Waals surface area contributed by atoms with E-state index in [1.807, 2.05) is 37.3 Å². The number of amides is 2. The summed E-state index contributed by atoms with van der Waals surface area (Å²) in [5.74, 6) is -2.59. The molecule has 0 aliphatic carbocycles. The normalized spacial score (nSPS) is 28.7. The van der Waals surface area contributed by atoms with E-state index in [0.29, 0.717) is 0 Å². The lowest BCUT2D eigenvalue weighted by atomic mass is 9.93. The van der Waals surface area contributed by atoms with Gasteiger partial charge in [0.2, 0.25) is 5.91 Å². The molecule has 0 bridgehead atoms. The number of halogens is 1. The summed E-state index contributed by atoms with van der Waals surface area (Å²) in [7, 11) is 0. The van der Waals surface area contributed by atoms with Gasteiger partial charge in [-0.25, -0.2) is 0 Å². The van der Waals surface area contributed by atoms with E-state index in [4.69, 9.17) is 14.2 Å². The number of rotatable bonds is 3. The lowest BCUT2D eigenvalue weighted by Crippen LogP contribution is -2.53. The van der Waals surface area contributed by atoms with Crippen LogP contribution in [-0.4, -0.2) is 53.5 Å². The summed E-state index contributed by atoms with van der Waals surface area (Å²) in [6.07, 6.45) is 1.84. The number of aromatic hydroxyl groups is 1. The minimum Gasteiger partial charge on any atom is -0.508 e. The molecule has 2 heterocycles. The number of hydrogen-bond donors (Lipinski definition) is 3. The van der Waals surface area contributed by atoms with Crippen molar-refractivity contribution in [2.24, 2.45) is 5.92 Å². The van der Waals surface area contributed by atoms with Crippen LogP contribution < -0.4 is 10.6 Å². The summed E-state index contributed by atoms with van der Waals surface area (Å²) in [6.45, 7) is 5.11. The van der Waals surface area contributed by atoms with Crippen molar-refractivity contribution in [1.29, 1.82) is 0 Å². The van der Waals surface area contributed by atoms with Gasteiger partial charge in [0.05, 0.1) is 12.5 Å². The van der Waals surface area contributed by atoms with Crippen molar-refractivity contribution in [3.8, 4) is 5.75 Å². The maximum Gasteiger partial charge on any atom is 0.309 e. The molecule has 1 saturated heterocycles. The lowest BCUT2D eigenvalue weighted by Gasteiger charge is -2.28. The van der Waals surface area contributed by atoms with Crippen LogP contribution >= 0.6 is 15.9 Å². The second-order valence-corrected chi connectivity index (χ2v) is 11.2. The number of cyclic esters (lactones) is 1. The Morgan fingerprint density at radius 1 is 1.03 bits per heavy atom. The number of benzene rings is 2. The molecule has 2 aliphatic rings. The van der Waals surface area contributed by atoms with Gasteiger partial charge in [0.1, 0.15) is 24.5 Å². The van der Waals surface area contributed by atoms with Crippen LogP contribution in [0.4, 0.5) is 0 Å². The Morgan fingerprint density at radius 2 is 1.77 bits per heavy atom. The second-order valence-electron chi connectivity index (χ2n) is 10.2. The molecule has 0 spiro atoms. The Balaban J connectivity index is 1.69. The number of fused-ring (bicyclic) bond motifs is 1. The summed E-state index contributed by atoms with van der Waals surface area (Å²) in [6, 6.07) is 12.6. The average molecular weight is 601 g/mol. The highest BCUT2D eigenvalue weighted by atomic mass is 79.9. The first-order valence-electron chi connectivity index (χ1n) is 12.8. The number of esters is 1. The fourth-order valence-electron chi connectivity index (χ4n) is 4.71. The van der Waals surface area contributed by atoms with E-state index in [1.165, 1.54) is 12.1 Å². The van der Waals surface area contributed by atoms with Gasteiger partial charge in [-0.15, -0.1) is 0 Å². The summed E-state index contributed by atoms with van der Waals surface area (Å²) >= 11 is 3.49. The summed E-state index contributed by atoms with van der Waals surface area (Å²) in [4.78, 5) is 39.7. The van der Waals surface area contributed by atoms with Crippen LogP contribution in [0.15, 0.2) is 65.2 Å². The topological polar surface area (TPSA) is 123 Å². The zero-order chi connectivity index (χ0) is 28.2. The molecule has 39 heavy (non-hydrogen) atoms. The highest BCUT2D eigenvalue weighted by Crippen LogP contribution is 2.30. The Hall–Kier alpha value is -3.21. The predicted molar refractivity (Wildman–Crippen MR) is 146 cm³/mol. The van der Waals surface area contributed by atoms with Gasteiger partial charge in [-0.3, -0.25) is 14.4 Å². The maximum absolute atomic E-state index is 13.8. The van der Waals surface area contributed by atoms with Crippen LogP contribution in [0.1, 0.15) is 44.4 Å². The summed E-state index contributed by atoms with van der Waals surface area (Å²) in [5.41, 5.74) is 1.60. The van der Waals surface area contributed by atoms with Crippen LogP contribution in [0.5, 0.6) is 5.75 Å². The van der Waals surface area contributed by atoms with E-state index in [1.54, 1.807) is 32.1 Å². The third kappa shape index (κ3) is 7.68. The van der Waals surface area contributed by atoms with E-state index in [2.05, 4.69) is 26.6 Å². The van der Waals surface area contributed by atoms with Crippen molar-refractivity contribution in [3.05, 3.63) is 76.3 Å². The minimum atomic E-state index is -1.09. The number of phenols is 1. The molecule has 4 rings (SSSR count). The molecular formula is C29H33BrN2O7. The van der Waals surface area contributed by atoms with Gasteiger partial charge in [-0.1, -0.05) is 59.3 Å². The Kier molecular flexibility index (Phi) is 9.09. The Bertz CT molecular complexity index is 1230. The van der Waals surface area contributed by atoms with Gasteiger partial charge in [0.25, 0.3) is 5.91 Å². The van der Waals surface area contributed by atoms with Crippen molar-refractivity contribution >= 4 is 33.7 Å². The maximum atomic E-state index is 13.8. The Morgan fingerprint density at radius 3 is 2.49 bits per heavy atom. The standard InChI is InChI=1S/C29H33BrN2O7/c1-17-6-4-9-24(34)37-16-23-26(39-29(2,3)38-23)28(36)31-22(14-18-10-12-21(33)13-11-18)27(35)32-25(17)19-7-5-8-20(30)15-19/h4-8,10-13,15,17,22-23,25-26,33H,9,14,16H2,1-3H3,(H,31,36)(H,32,35)/b6-4+/t17-,22+,23-,25+,26-/m1/s1. The smallest absolute Gasteiger partial charge is 0.309 e. The number of hydrogen-bond acceptors (Lipinski definition) is 7. The molecule has 0 radical (unpaired) electrons. The quantitative estimate of drug-likeness (QED) is 0.362. The molecule has 2 aromatic rings. The molecule has 10 heteroatoms. The number of nitrogens with one attached hydrogen (secondary N) is 2. The molecule has 208 valence electrons. The highest BCUT2D eigenvalue weighted by molar-refractivity contribution is 9.10. The van der Waals surface area contributed by atoms with Gasteiger partial charge in [0, 0.05) is 10.9 Å². The zero-order valence-corrected chi connectivity index (χ0v) is 23.6. The molecule has 0 saturated carbocycles. The number of phenolic OH excluding ortho intramolecular Hbond substituents is 1. The molecule has 3 N–H and O–H groups in total.